The summed E-state index contributed by atoms with van der Waals surface area (Å²) in [5.74, 6) is 0.455. The minimum absolute atomic E-state index is 0.0470. The lowest BCUT2D eigenvalue weighted by Gasteiger charge is -2.13. The van der Waals surface area contributed by atoms with Crippen LogP contribution in [0.15, 0.2) is 52.5 Å². The molecule has 7 nitrogen and oxygen atoms in total. The summed E-state index contributed by atoms with van der Waals surface area (Å²) in [7, 11) is 0. The second-order valence-electron chi connectivity index (χ2n) is 5.92. The van der Waals surface area contributed by atoms with Gasteiger partial charge in [0.05, 0.1) is 24.0 Å². The van der Waals surface area contributed by atoms with Crippen molar-refractivity contribution < 1.29 is 13.9 Å². The molecule has 0 fully saturated rings. The molecule has 10 heteroatoms. The summed E-state index contributed by atoms with van der Waals surface area (Å²) in [6, 6.07) is 9.59. The average molecular weight is 451 g/mol. The molecule has 3 aromatic rings. The first-order valence-corrected chi connectivity index (χ1v) is 9.60. The number of aromatic amines is 1. The Balaban J connectivity index is 1.74. The number of anilines is 1. The van der Waals surface area contributed by atoms with E-state index in [0.29, 0.717) is 23.7 Å². The number of nitrogens with zero attached hydrogens (tertiary/aromatic N) is 2. The molecular weight excluding hydrogens is 434 g/mol. The molecule has 0 saturated heterocycles. The lowest BCUT2D eigenvalue weighted by Crippen LogP contribution is -2.10. The number of halogens is 3. The van der Waals surface area contributed by atoms with Crippen LogP contribution < -0.4 is 20.5 Å². The second kappa shape index (κ2) is 10.1. The molecule has 0 spiro atoms. The van der Waals surface area contributed by atoms with Gasteiger partial charge in [-0.3, -0.25) is 10.2 Å². The fraction of sp³-hybridized carbons (Fsp3) is 0.150. The lowest BCUT2D eigenvalue weighted by molar-refractivity contribution is 0.266. The largest absolute Gasteiger partial charge is 0.490 e. The zero-order valence-corrected chi connectivity index (χ0v) is 17.3. The third-order valence-electron chi connectivity index (χ3n) is 3.90. The second-order valence-corrected chi connectivity index (χ2v) is 6.71. The number of H-pyrrole nitrogens is 1. The molecule has 3 rings (SSSR count). The van der Waals surface area contributed by atoms with Gasteiger partial charge in [0.25, 0.3) is 5.56 Å². The van der Waals surface area contributed by atoms with Crippen LogP contribution in [-0.4, -0.2) is 23.0 Å². The number of rotatable bonds is 8. The predicted octanol–water partition coefficient (Wildman–Crippen LogP) is 4.64. The van der Waals surface area contributed by atoms with Crippen molar-refractivity contribution in [3.8, 4) is 11.5 Å². The Morgan fingerprint density at radius 2 is 2.07 bits per heavy atom. The van der Waals surface area contributed by atoms with Crippen LogP contribution in [0, 0.1) is 5.82 Å². The molecule has 0 aliphatic heterocycles. The zero-order valence-electron chi connectivity index (χ0n) is 15.8. The van der Waals surface area contributed by atoms with Crippen molar-refractivity contribution in [2.75, 3.05) is 12.0 Å². The molecule has 0 amide bonds. The van der Waals surface area contributed by atoms with E-state index in [0.717, 1.165) is 0 Å². The van der Waals surface area contributed by atoms with Crippen LogP contribution in [0.4, 0.5) is 10.1 Å². The van der Waals surface area contributed by atoms with E-state index in [1.807, 2.05) is 6.92 Å². The van der Waals surface area contributed by atoms with E-state index in [1.165, 1.54) is 24.5 Å². The molecule has 30 heavy (non-hydrogen) atoms. The molecule has 2 aromatic carbocycles. The maximum Gasteiger partial charge on any atom is 0.285 e. The highest BCUT2D eigenvalue weighted by molar-refractivity contribution is 6.33. The standard InChI is InChI=1S/C20H17Cl2FN4O3/c1-2-29-18-8-12(9-24-26-16-10-25-27-20(28)19(16)22)6-7-17(18)30-11-13-14(21)4-3-5-15(13)23/h3-10H,2,11H2,1H3,(H2,26,27,28)/b24-9+. The normalized spacial score (nSPS) is 10.9. The van der Waals surface area contributed by atoms with Gasteiger partial charge in [-0.25, -0.2) is 9.49 Å². The Labute approximate surface area is 181 Å². The highest BCUT2D eigenvalue weighted by Gasteiger charge is 2.11. The van der Waals surface area contributed by atoms with Gasteiger partial charge in [0.1, 0.15) is 23.1 Å². The summed E-state index contributed by atoms with van der Waals surface area (Å²) in [5, 5.41) is 10.1. The van der Waals surface area contributed by atoms with Crippen molar-refractivity contribution in [1.29, 1.82) is 0 Å². The molecule has 156 valence electrons. The predicted molar refractivity (Wildman–Crippen MR) is 114 cm³/mol. The maximum atomic E-state index is 13.9. The van der Waals surface area contributed by atoms with E-state index in [-0.39, 0.29) is 27.9 Å². The van der Waals surface area contributed by atoms with Gasteiger partial charge in [-0.2, -0.15) is 10.2 Å². The average Bonchev–Trinajstić information content (AvgIpc) is 2.72. The van der Waals surface area contributed by atoms with Crippen molar-refractivity contribution >= 4 is 35.1 Å². The quantitative estimate of drug-likeness (QED) is 0.385. The highest BCUT2D eigenvalue weighted by Crippen LogP contribution is 2.30. The molecule has 0 saturated carbocycles. The summed E-state index contributed by atoms with van der Waals surface area (Å²) in [4.78, 5) is 11.4. The number of hydrogen-bond donors (Lipinski definition) is 2. The number of hydrazone groups is 1. The molecule has 0 bridgehead atoms. The van der Waals surface area contributed by atoms with Crippen LogP contribution >= 0.6 is 23.2 Å². The van der Waals surface area contributed by atoms with Gasteiger partial charge >= 0.3 is 0 Å². The smallest absolute Gasteiger partial charge is 0.285 e. The van der Waals surface area contributed by atoms with Gasteiger partial charge in [-0.15, -0.1) is 0 Å². The van der Waals surface area contributed by atoms with Gasteiger partial charge in [0.15, 0.2) is 11.5 Å². The van der Waals surface area contributed by atoms with Crippen LogP contribution in [0.25, 0.3) is 0 Å². The Hall–Kier alpha value is -3.10. The Kier molecular flexibility index (Phi) is 7.26. The molecule has 1 heterocycles. The van der Waals surface area contributed by atoms with Crippen molar-refractivity contribution in [3.05, 3.63) is 79.9 Å². The molecule has 1 aromatic heterocycles. The van der Waals surface area contributed by atoms with Gasteiger partial charge in [-0.05, 0) is 42.8 Å². The van der Waals surface area contributed by atoms with E-state index in [2.05, 4.69) is 20.7 Å². The first-order valence-electron chi connectivity index (χ1n) is 8.84. The third kappa shape index (κ3) is 5.28. The van der Waals surface area contributed by atoms with Gasteiger partial charge < -0.3 is 9.47 Å². The minimum atomic E-state index is -0.521. The van der Waals surface area contributed by atoms with Crippen molar-refractivity contribution in [2.45, 2.75) is 13.5 Å². The Bertz CT molecular complexity index is 1100. The van der Waals surface area contributed by atoms with Gasteiger partial charge in [0, 0.05) is 5.56 Å². The van der Waals surface area contributed by atoms with Crippen molar-refractivity contribution in [1.82, 2.24) is 10.2 Å². The topological polar surface area (TPSA) is 88.6 Å². The van der Waals surface area contributed by atoms with E-state index in [1.54, 1.807) is 24.3 Å². The molecular formula is C20H17Cl2FN4O3. The SMILES string of the molecule is CCOc1cc(/C=N/Nc2cn[nH]c(=O)c2Cl)ccc1OCc1c(F)cccc1Cl. The fourth-order valence-electron chi connectivity index (χ4n) is 2.45. The number of benzene rings is 2. The van der Waals surface area contributed by atoms with Crippen LogP contribution in [0.3, 0.4) is 0 Å². The van der Waals surface area contributed by atoms with E-state index < -0.39 is 11.4 Å². The summed E-state index contributed by atoms with van der Waals surface area (Å²) < 4.78 is 25.3. The molecule has 0 aliphatic carbocycles. The van der Waals surface area contributed by atoms with E-state index in [4.69, 9.17) is 32.7 Å². The molecule has 0 atom stereocenters. The van der Waals surface area contributed by atoms with E-state index >= 15 is 0 Å². The van der Waals surface area contributed by atoms with Crippen molar-refractivity contribution in [3.63, 3.8) is 0 Å². The Morgan fingerprint density at radius 3 is 2.83 bits per heavy atom. The third-order valence-corrected chi connectivity index (χ3v) is 4.62. The number of hydrogen-bond acceptors (Lipinski definition) is 6. The Morgan fingerprint density at radius 1 is 1.23 bits per heavy atom. The highest BCUT2D eigenvalue weighted by atomic mass is 35.5. The maximum absolute atomic E-state index is 13.9. The summed E-state index contributed by atoms with van der Waals surface area (Å²) in [6.07, 6.45) is 2.86. The summed E-state index contributed by atoms with van der Waals surface area (Å²) in [6.45, 7) is 2.19. The first kappa shape index (κ1) is 21.6. The molecule has 0 aliphatic rings. The van der Waals surface area contributed by atoms with Gasteiger partial charge in [-0.1, -0.05) is 29.3 Å². The summed E-state index contributed by atoms with van der Waals surface area (Å²) in [5.41, 5.74) is 3.35. The first-order chi connectivity index (χ1) is 14.5. The molecule has 0 unspecified atom stereocenters. The number of aromatic nitrogens is 2. The molecule has 0 radical (unpaired) electrons. The van der Waals surface area contributed by atoms with Gasteiger partial charge in [0.2, 0.25) is 0 Å². The lowest BCUT2D eigenvalue weighted by atomic mass is 10.2. The van der Waals surface area contributed by atoms with Crippen LogP contribution in [0.5, 0.6) is 11.5 Å². The minimum Gasteiger partial charge on any atom is -0.490 e. The van der Waals surface area contributed by atoms with Crippen LogP contribution in [0.2, 0.25) is 10.0 Å². The number of nitrogens with one attached hydrogen (secondary N) is 2. The molecule has 2 N–H and O–H groups in total. The van der Waals surface area contributed by atoms with Crippen LogP contribution in [0.1, 0.15) is 18.1 Å². The zero-order chi connectivity index (χ0) is 21.5. The fourth-order valence-corrected chi connectivity index (χ4v) is 2.80. The summed E-state index contributed by atoms with van der Waals surface area (Å²) >= 11 is 11.9. The van der Waals surface area contributed by atoms with Crippen molar-refractivity contribution in [2.24, 2.45) is 5.10 Å². The monoisotopic (exact) mass is 450 g/mol. The van der Waals surface area contributed by atoms with E-state index in [9.17, 15) is 9.18 Å². The van der Waals surface area contributed by atoms with Crippen LogP contribution in [-0.2, 0) is 6.61 Å². The number of ether oxygens (including phenoxy) is 2.